The van der Waals surface area contributed by atoms with Gasteiger partial charge in [0.2, 0.25) is 0 Å². The van der Waals surface area contributed by atoms with Crippen LogP contribution in [0.25, 0.3) is 5.82 Å². The zero-order chi connectivity index (χ0) is 16.7. The summed E-state index contributed by atoms with van der Waals surface area (Å²) < 4.78 is 14.8. The molecule has 6 heteroatoms. The third kappa shape index (κ3) is 4.42. The lowest BCUT2D eigenvalue weighted by Gasteiger charge is -2.13. The zero-order valence-electron chi connectivity index (χ0n) is 13.1. The van der Waals surface area contributed by atoms with E-state index in [1.807, 2.05) is 12.1 Å². The molecule has 1 aromatic carbocycles. The summed E-state index contributed by atoms with van der Waals surface area (Å²) in [4.78, 5) is 10.9. The van der Waals surface area contributed by atoms with Crippen LogP contribution in [-0.4, -0.2) is 22.6 Å². The van der Waals surface area contributed by atoms with Gasteiger partial charge in [0.25, 0.3) is 0 Å². The average Bonchev–Trinajstić information content (AvgIpc) is 2.91. The predicted molar refractivity (Wildman–Crippen MR) is 89.3 cm³/mol. The van der Waals surface area contributed by atoms with E-state index >= 15 is 0 Å². The predicted octanol–water partition coefficient (Wildman–Crippen LogP) is 2.85. The first-order valence-corrected chi connectivity index (χ1v) is 7.63. The third-order valence-electron chi connectivity index (χ3n) is 3.45. The topological polar surface area (TPSA) is 72.9 Å². The minimum Gasteiger partial charge on any atom is -0.383 e. The molecule has 0 bridgehead atoms. The molecule has 2 aromatic rings. The van der Waals surface area contributed by atoms with Gasteiger partial charge in [-0.3, -0.25) is 4.79 Å². The number of aromatic nitrogens is 2. The van der Waals surface area contributed by atoms with Crippen molar-refractivity contribution in [3.63, 3.8) is 0 Å². The molecule has 0 saturated heterocycles. The van der Waals surface area contributed by atoms with Crippen LogP contribution in [-0.2, 0) is 6.42 Å². The Kier molecular flexibility index (Phi) is 5.91. The highest BCUT2D eigenvalue weighted by molar-refractivity contribution is 5.82. The molecule has 1 aromatic heterocycles. The van der Waals surface area contributed by atoms with Crippen LogP contribution in [0, 0.1) is 5.82 Å². The van der Waals surface area contributed by atoms with E-state index in [4.69, 9.17) is 5.73 Å². The molecule has 0 amide bonds. The second-order valence-electron chi connectivity index (χ2n) is 5.22. The number of hydrogen-bond acceptors (Lipinski definition) is 4. The van der Waals surface area contributed by atoms with Gasteiger partial charge in [0.1, 0.15) is 17.5 Å². The maximum Gasteiger partial charge on any atom is 0.155 e. The minimum absolute atomic E-state index is 0.266. The molecule has 122 valence electrons. The van der Waals surface area contributed by atoms with Crippen molar-refractivity contribution in [2.45, 2.75) is 26.2 Å². The van der Waals surface area contributed by atoms with E-state index in [-0.39, 0.29) is 11.6 Å². The first-order valence-electron chi connectivity index (χ1n) is 7.63. The minimum atomic E-state index is -0.266. The van der Waals surface area contributed by atoms with E-state index in [1.54, 1.807) is 6.07 Å². The molecule has 5 nitrogen and oxygen atoms in total. The van der Waals surface area contributed by atoms with Gasteiger partial charge in [-0.1, -0.05) is 25.5 Å². The number of aldehydes is 1. The van der Waals surface area contributed by atoms with Crippen LogP contribution < -0.4 is 11.1 Å². The molecular formula is C17H21FN4O. The number of nitrogens with zero attached hydrogens (tertiary/aromatic N) is 2. The summed E-state index contributed by atoms with van der Waals surface area (Å²) >= 11 is 0. The molecule has 0 aliphatic heterocycles. The van der Waals surface area contributed by atoms with Crippen LogP contribution in [0.15, 0.2) is 36.5 Å². The average molecular weight is 316 g/mol. The molecule has 1 heterocycles. The molecule has 0 radical (unpaired) electrons. The van der Waals surface area contributed by atoms with Crippen LogP contribution >= 0.6 is 0 Å². The number of carbonyl (C=O) groups is 1. The number of nitrogen functional groups attached to an aromatic ring is 1. The fourth-order valence-electron chi connectivity index (χ4n) is 2.16. The normalized spacial score (nSPS) is 11.5. The lowest BCUT2D eigenvalue weighted by atomic mass is 10.1. The number of carbonyl (C=O) groups excluding carboxylic acids is 1. The molecule has 0 fully saturated rings. The third-order valence-corrected chi connectivity index (χ3v) is 3.45. The van der Waals surface area contributed by atoms with Gasteiger partial charge in [0.05, 0.1) is 11.8 Å². The van der Waals surface area contributed by atoms with Gasteiger partial charge in [0, 0.05) is 6.54 Å². The Morgan fingerprint density at radius 1 is 1.48 bits per heavy atom. The molecule has 0 aliphatic carbocycles. The van der Waals surface area contributed by atoms with Crippen molar-refractivity contribution in [1.29, 1.82) is 0 Å². The first-order chi connectivity index (χ1) is 11.2. The highest BCUT2D eigenvalue weighted by atomic mass is 19.1. The fourth-order valence-corrected chi connectivity index (χ4v) is 2.16. The fraction of sp³-hybridized carbons (Fsp3) is 0.294. The molecule has 2 rings (SSSR count). The van der Waals surface area contributed by atoms with Crippen molar-refractivity contribution in [3.8, 4) is 0 Å². The van der Waals surface area contributed by atoms with E-state index in [1.165, 1.54) is 23.0 Å². The van der Waals surface area contributed by atoms with E-state index in [2.05, 4.69) is 17.3 Å². The van der Waals surface area contributed by atoms with Crippen LogP contribution in [0.2, 0.25) is 0 Å². The Labute approximate surface area is 135 Å². The number of nitrogens with one attached hydrogen (secondary N) is 1. The molecule has 0 saturated carbocycles. The molecule has 0 unspecified atom stereocenters. The van der Waals surface area contributed by atoms with Crippen LogP contribution in [0.4, 0.5) is 10.2 Å². The van der Waals surface area contributed by atoms with Gasteiger partial charge in [-0.25, -0.2) is 9.07 Å². The van der Waals surface area contributed by atoms with E-state index in [0.717, 1.165) is 24.9 Å². The van der Waals surface area contributed by atoms with Crippen molar-refractivity contribution in [3.05, 3.63) is 53.5 Å². The van der Waals surface area contributed by atoms with Gasteiger partial charge in [0.15, 0.2) is 6.29 Å². The summed E-state index contributed by atoms with van der Waals surface area (Å²) in [6.07, 6.45) is 6.58. The summed E-state index contributed by atoms with van der Waals surface area (Å²) in [6.45, 7) is 2.87. The van der Waals surface area contributed by atoms with Gasteiger partial charge in [-0.15, -0.1) is 0 Å². The quantitative estimate of drug-likeness (QED) is 0.580. The summed E-state index contributed by atoms with van der Waals surface area (Å²) in [7, 11) is 0. The maximum atomic E-state index is 13.3. The number of unbranched alkanes of at least 4 members (excludes halogenated alkanes) is 1. The highest BCUT2D eigenvalue weighted by Crippen LogP contribution is 2.14. The second kappa shape index (κ2) is 8.12. The van der Waals surface area contributed by atoms with Crippen LogP contribution in [0.1, 0.15) is 35.7 Å². The van der Waals surface area contributed by atoms with Gasteiger partial charge >= 0.3 is 0 Å². The monoisotopic (exact) mass is 316 g/mol. The van der Waals surface area contributed by atoms with E-state index in [9.17, 15) is 9.18 Å². The number of benzene rings is 1. The Bertz CT molecular complexity index is 694. The van der Waals surface area contributed by atoms with Crippen molar-refractivity contribution in [2.75, 3.05) is 12.3 Å². The van der Waals surface area contributed by atoms with Crippen molar-refractivity contribution >= 4 is 17.9 Å². The molecule has 0 aliphatic rings. The first kappa shape index (κ1) is 16.7. The molecular weight excluding hydrogens is 295 g/mol. The summed E-state index contributed by atoms with van der Waals surface area (Å²) in [6, 6.07) is 6.43. The van der Waals surface area contributed by atoms with Crippen LogP contribution in [0.3, 0.4) is 0 Å². The Morgan fingerprint density at radius 3 is 2.96 bits per heavy atom. The maximum absolute atomic E-state index is 13.3. The van der Waals surface area contributed by atoms with Gasteiger partial charge < -0.3 is 11.1 Å². The van der Waals surface area contributed by atoms with Crippen molar-refractivity contribution in [2.24, 2.45) is 0 Å². The van der Waals surface area contributed by atoms with Crippen molar-refractivity contribution in [1.82, 2.24) is 15.1 Å². The smallest absolute Gasteiger partial charge is 0.155 e. The van der Waals surface area contributed by atoms with Gasteiger partial charge in [-0.2, -0.15) is 5.10 Å². The Hall–Kier alpha value is -2.63. The molecule has 0 spiro atoms. The van der Waals surface area contributed by atoms with E-state index in [0.29, 0.717) is 24.1 Å². The summed E-state index contributed by atoms with van der Waals surface area (Å²) in [5.74, 6) is 0.709. The number of halogens is 1. The molecule has 23 heavy (non-hydrogen) atoms. The molecule has 3 N–H and O–H groups in total. The zero-order valence-corrected chi connectivity index (χ0v) is 13.1. The van der Waals surface area contributed by atoms with Crippen molar-refractivity contribution < 1.29 is 9.18 Å². The number of nitrogens with two attached hydrogens (primary N) is 1. The largest absolute Gasteiger partial charge is 0.383 e. The number of allylic oxidation sites excluding steroid dienone is 1. The lowest BCUT2D eigenvalue weighted by molar-refractivity contribution is 0.112. The SMILES string of the molecule is CCCCN/C(=C/Cc1cccc(F)c1)n1ncc(C=O)c1N. The van der Waals surface area contributed by atoms with Gasteiger partial charge in [-0.05, 0) is 36.6 Å². The van der Waals surface area contributed by atoms with Crippen LogP contribution in [0.5, 0.6) is 0 Å². The molecule has 0 atom stereocenters. The lowest BCUT2D eigenvalue weighted by Crippen LogP contribution is -2.21. The highest BCUT2D eigenvalue weighted by Gasteiger charge is 2.10. The summed E-state index contributed by atoms with van der Waals surface area (Å²) in [5, 5.41) is 7.42. The number of anilines is 1. The number of rotatable bonds is 8. The van der Waals surface area contributed by atoms with E-state index < -0.39 is 0 Å². The number of hydrogen-bond donors (Lipinski definition) is 2. The Balaban J connectivity index is 2.23. The summed E-state index contributed by atoms with van der Waals surface area (Å²) in [5.41, 5.74) is 7.13. The Morgan fingerprint density at radius 2 is 2.30 bits per heavy atom. The second-order valence-corrected chi connectivity index (χ2v) is 5.22. The standard InChI is InChI=1S/C17H21FN4O/c1-2-3-9-20-16(22-17(19)14(12-23)11-21-22)8-7-13-5-4-6-15(18)10-13/h4-6,8,10-12,20H,2-3,7,9,19H2,1H3/b16-8-.